The predicted molar refractivity (Wildman–Crippen MR) is 132 cm³/mol. The van der Waals surface area contributed by atoms with Crippen molar-refractivity contribution in [1.29, 1.82) is 0 Å². The molecule has 8 heteroatoms. The van der Waals surface area contributed by atoms with E-state index in [4.69, 9.17) is 14.5 Å². The van der Waals surface area contributed by atoms with Gasteiger partial charge in [0.25, 0.3) is 11.5 Å². The molecule has 0 unspecified atom stereocenters. The molecule has 1 amide bonds. The Balaban J connectivity index is 1.49. The molecule has 1 fully saturated rings. The van der Waals surface area contributed by atoms with Crippen LogP contribution in [0.15, 0.2) is 47.3 Å². The lowest BCUT2D eigenvalue weighted by Crippen LogP contribution is -2.47. The van der Waals surface area contributed by atoms with Crippen molar-refractivity contribution in [2.75, 3.05) is 33.9 Å². The molecule has 1 aliphatic rings. The molecule has 2 heterocycles. The Labute approximate surface area is 199 Å². The maximum Gasteiger partial charge on any atom is 0.258 e. The SMILES string of the molecule is CCCN(Cc1nc2cc(OC)c(OC)cc2c(=O)[nH]1)C1CCN(C(=O)c2ccccc2)CC1. The van der Waals surface area contributed by atoms with Gasteiger partial charge in [0.15, 0.2) is 11.5 Å². The Morgan fingerprint density at radius 2 is 1.79 bits per heavy atom. The van der Waals surface area contributed by atoms with Gasteiger partial charge in [0, 0.05) is 30.8 Å². The average Bonchev–Trinajstić information content (AvgIpc) is 2.88. The number of rotatable bonds is 8. The van der Waals surface area contributed by atoms with Crippen molar-refractivity contribution in [3.8, 4) is 11.5 Å². The molecular weight excluding hydrogens is 432 g/mol. The van der Waals surface area contributed by atoms with E-state index in [9.17, 15) is 9.59 Å². The van der Waals surface area contributed by atoms with E-state index in [0.29, 0.717) is 40.8 Å². The van der Waals surface area contributed by atoms with Crippen molar-refractivity contribution >= 4 is 16.8 Å². The zero-order chi connectivity index (χ0) is 24.1. The van der Waals surface area contributed by atoms with Gasteiger partial charge < -0.3 is 19.4 Å². The first kappa shape index (κ1) is 23.8. The second-order valence-electron chi connectivity index (χ2n) is 8.60. The number of fused-ring (bicyclic) bond motifs is 1. The van der Waals surface area contributed by atoms with Crippen LogP contribution in [-0.2, 0) is 6.54 Å². The third-order valence-electron chi connectivity index (χ3n) is 6.41. The summed E-state index contributed by atoms with van der Waals surface area (Å²) < 4.78 is 10.7. The number of carbonyl (C=O) groups excluding carboxylic acids is 1. The number of likely N-dealkylation sites (tertiary alicyclic amines) is 1. The molecule has 0 bridgehead atoms. The molecule has 0 atom stereocenters. The highest BCUT2D eigenvalue weighted by atomic mass is 16.5. The molecule has 0 aliphatic carbocycles. The lowest BCUT2D eigenvalue weighted by Gasteiger charge is -2.38. The summed E-state index contributed by atoms with van der Waals surface area (Å²) in [7, 11) is 3.11. The van der Waals surface area contributed by atoms with Crippen molar-refractivity contribution in [2.45, 2.75) is 38.8 Å². The van der Waals surface area contributed by atoms with E-state index in [1.165, 1.54) is 0 Å². The second-order valence-corrected chi connectivity index (χ2v) is 8.60. The van der Waals surface area contributed by atoms with Crippen LogP contribution in [-0.4, -0.2) is 65.6 Å². The highest BCUT2D eigenvalue weighted by Crippen LogP contribution is 2.30. The molecule has 3 aromatic rings. The maximum atomic E-state index is 12.8. The number of hydrogen-bond donors (Lipinski definition) is 1. The molecule has 180 valence electrons. The number of piperidine rings is 1. The minimum Gasteiger partial charge on any atom is -0.493 e. The summed E-state index contributed by atoms with van der Waals surface area (Å²) in [6.45, 7) is 5.03. The van der Waals surface area contributed by atoms with E-state index in [1.807, 2.05) is 35.2 Å². The molecule has 0 spiro atoms. The predicted octanol–water partition coefficient (Wildman–Crippen LogP) is 3.46. The summed E-state index contributed by atoms with van der Waals surface area (Å²) in [4.78, 5) is 37.6. The van der Waals surface area contributed by atoms with E-state index in [1.54, 1.807) is 26.4 Å². The number of aromatic nitrogens is 2. The summed E-state index contributed by atoms with van der Waals surface area (Å²) in [5, 5.41) is 0.469. The molecule has 4 rings (SSSR count). The maximum absolute atomic E-state index is 12.8. The first-order valence-electron chi connectivity index (χ1n) is 11.8. The van der Waals surface area contributed by atoms with Crippen LogP contribution in [0.2, 0.25) is 0 Å². The largest absolute Gasteiger partial charge is 0.493 e. The summed E-state index contributed by atoms with van der Waals surface area (Å²) in [5.41, 5.74) is 1.12. The van der Waals surface area contributed by atoms with Crippen LogP contribution in [0.5, 0.6) is 11.5 Å². The number of amides is 1. The highest BCUT2D eigenvalue weighted by molar-refractivity contribution is 5.94. The molecule has 8 nitrogen and oxygen atoms in total. The van der Waals surface area contributed by atoms with Crippen molar-refractivity contribution < 1.29 is 14.3 Å². The van der Waals surface area contributed by atoms with Gasteiger partial charge in [-0.05, 0) is 44.0 Å². The molecule has 1 saturated heterocycles. The highest BCUT2D eigenvalue weighted by Gasteiger charge is 2.27. The lowest BCUT2D eigenvalue weighted by molar-refractivity contribution is 0.0603. The number of benzene rings is 2. The Kier molecular flexibility index (Phi) is 7.47. The third-order valence-corrected chi connectivity index (χ3v) is 6.41. The Morgan fingerprint density at radius 1 is 1.12 bits per heavy atom. The summed E-state index contributed by atoms with van der Waals surface area (Å²) in [6.07, 6.45) is 2.77. The van der Waals surface area contributed by atoms with Gasteiger partial charge in [0.1, 0.15) is 5.82 Å². The number of methoxy groups -OCH3 is 2. The van der Waals surface area contributed by atoms with E-state index in [-0.39, 0.29) is 11.5 Å². The number of H-pyrrole nitrogens is 1. The molecule has 1 N–H and O–H groups in total. The first-order valence-corrected chi connectivity index (χ1v) is 11.8. The van der Waals surface area contributed by atoms with Crippen molar-refractivity contribution in [3.05, 3.63) is 64.2 Å². The third kappa shape index (κ3) is 5.07. The quantitative estimate of drug-likeness (QED) is 0.549. The lowest BCUT2D eigenvalue weighted by atomic mass is 10.0. The van der Waals surface area contributed by atoms with Crippen LogP contribution in [0.1, 0.15) is 42.4 Å². The van der Waals surface area contributed by atoms with E-state index >= 15 is 0 Å². The normalized spacial score (nSPS) is 14.5. The minimum absolute atomic E-state index is 0.0889. The van der Waals surface area contributed by atoms with Crippen LogP contribution in [0.4, 0.5) is 0 Å². The van der Waals surface area contributed by atoms with Crippen LogP contribution >= 0.6 is 0 Å². The first-order chi connectivity index (χ1) is 16.5. The summed E-state index contributed by atoms with van der Waals surface area (Å²) in [5.74, 6) is 1.76. The van der Waals surface area contributed by atoms with Gasteiger partial charge in [-0.25, -0.2) is 4.98 Å². The minimum atomic E-state index is -0.194. The van der Waals surface area contributed by atoms with Crippen molar-refractivity contribution in [1.82, 2.24) is 19.8 Å². The fourth-order valence-electron chi connectivity index (χ4n) is 4.66. The zero-order valence-corrected chi connectivity index (χ0v) is 20.0. The van der Waals surface area contributed by atoms with Crippen molar-refractivity contribution in [3.63, 3.8) is 0 Å². The van der Waals surface area contributed by atoms with E-state index < -0.39 is 0 Å². The van der Waals surface area contributed by atoms with Gasteiger partial charge in [-0.3, -0.25) is 14.5 Å². The Bertz CT molecular complexity index is 1190. The smallest absolute Gasteiger partial charge is 0.258 e. The summed E-state index contributed by atoms with van der Waals surface area (Å²) >= 11 is 0. The number of hydrogen-bond acceptors (Lipinski definition) is 6. The molecule has 2 aromatic carbocycles. The van der Waals surface area contributed by atoms with E-state index in [0.717, 1.165) is 44.5 Å². The number of aromatic amines is 1. The van der Waals surface area contributed by atoms with Gasteiger partial charge >= 0.3 is 0 Å². The van der Waals surface area contributed by atoms with Gasteiger partial charge in [-0.1, -0.05) is 25.1 Å². The van der Waals surface area contributed by atoms with Gasteiger partial charge in [0.05, 0.1) is 31.7 Å². The monoisotopic (exact) mass is 464 g/mol. The van der Waals surface area contributed by atoms with Crippen molar-refractivity contribution in [2.24, 2.45) is 0 Å². The van der Waals surface area contributed by atoms with Gasteiger partial charge in [-0.15, -0.1) is 0 Å². The Morgan fingerprint density at radius 3 is 2.44 bits per heavy atom. The van der Waals surface area contributed by atoms with Gasteiger partial charge in [-0.2, -0.15) is 0 Å². The molecule has 0 saturated carbocycles. The molecule has 0 radical (unpaired) electrons. The van der Waals surface area contributed by atoms with Crippen LogP contribution < -0.4 is 15.0 Å². The molecule has 34 heavy (non-hydrogen) atoms. The number of carbonyl (C=O) groups is 1. The zero-order valence-electron chi connectivity index (χ0n) is 20.0. The van der Waals surface area contributed by atoms with Gasteiger partial charge in [0.2, 0.25) is 0 Å². The number of nitrogens with one attached hydrogen (secondary N) is 1. The van der Waals surface area contributed by atoms with E-state index in [2.05, 4.69) is 16.8 Å². The Hall–Kier alpha value is -3.39. The van der Waals surface area contributed by atoms with Crippen LogP contribution in [0, 0.1) is 0 Å². The average molecular weight is 465 g/mol. The topological polar surface area (TPSA) is 87.8 Å². The second kappa shape index (κ2) is 10.7. The van der Waals surface area contributed by atoms with Crippen LogP contribution in [0.25, 0.3) is 10.9 Å². The molecule has 1 aliphatic heterocycles. The molecule has 1 aromatic heterocycles. The fourth-order valence-corrected chi connectivity index (χ4v) is 4.66. The number of ether oxygens (including phenoxy) is 2. The standard InChI is InChI=1S/C26H32N4O4/c1-4-12-30(19-10-13-29(14-11-19)26(32)18-8-6-5-7-9-18)17-24-27-21-16-23(34-3)22(33-2)15-20(21)25(31)28-24/h5-9,15-16,19H,4,10-14,17H2,1-3H3,(H,27,28,31). The van der Waals surface area contributed by atoms with Crippen LogP contribution in [0.3, 0.4) is 0 Å². The number of nitrogens with zero attached hydrogens (tertiary/aromatic N) is 3. The molecular formula is C26H32N4O4. The fraction of sp³-hybridized carbons (Fsp3) is 0.423. The summed E-state index contributed by atoms with van der Waals surface area (Å²) in [6, 6.07) is 13.2.